The summed E-state index contributed by atoms with van der Waals surface area (Å²) in [4.78, 5) is 50.4. The molecule has 4 aliphatic rings. The molecule has 4 rings (SSSR count). The van der Waals surface area contributed by atoms with E-state index in [2.05, 4.69) is 0 Å². The van der Waals surface area contributed by atoms with E-state index in [0.717, 1.165) is 7.11 Å². The Morgan fingerprint density at radius 3 is 2.53 bits per heavy atom. The van der Waals surface area contributed by atoms with Gasteiger partial charge >= 0.3 is 12.3 Å². The summed E-state index contributed by atoms with van der Waals surface area (Å²) in [5, 5.41) is 11.5. The van der Waals surface area contributed by atoms with Gasteiger partial charge in [0.1, 0.15) is 0 Å². The largest absolute Gasteiger partial charge is 0.509 e. The Balaban J connectivity index is 1.74. The van der Waals surface area contributed by atoms with Gasteiger partial charge in [-0.15, -0.1) is 0 Å². The molecule has 10 heteroatoms. The lowest BCUT2D eigenvalue weighted by molar-refractivity contribution is -0.221. The van der Waals surface area contributed by atoms with Crippen molar-refractivity contribution in [3.8, 4) is 0 Å². The summed E-state index contributed by atoms with van der Waals surface area (Å²) in [7, 11) is 1.12. The summed E-state index contributed by atoms with van der Waals surface area (Å²) in [6, 6.07) is 0. The summed E-state index contributed by atoms with van der Waals surface area (Å²) < 4.78 is 37.9. The fourth-order valence-corrected chi connectivity index (χ4v) is 8.03. The number of hydrogen-bond donors (Lipinski definition) is 1. The van der Waals surface area contributed by atoms with E-state index < -0.39 is 70.7 Å². The first-order valence-corrected chi connectivity index (χ1v) is 13.2. The second kappa shape index (κ2) is 9.77. The number of aliphatic hydroxyl groups is 1. The van der Waals surface area contributed by atoms with Crippen molar-refractivity contribution in [1.29, 1.82) is 0 Å². The van der Waals surface area contributed by atoms with E-state index in [4.69, 9.17) is 18.9 Å². The van der Waals surface area contributed by atoms with E-state index >= 15 is 4.39 Å². The van der Waals surface area contributed by atoms with Crippen LogP contribution in [0.4, 0.5) is 14.0 Å². The summed E-state index contributed by atoms with van der Waals surface area (Å²) >= 11 is 0. The van der Waals surface area contributed by atoms with Crippen molar-refractivity contribution in [2.24, 2.45) is 28.6 Å². The molecule has 0 aromatic carbocycles. The fourth-order valence-electron chi connectivity index (χ4n) is 8.03. The molecule has 38 heavy (non-hydrogen) atoms. The van der Waals surface area contributed by atoms with Gasteiger partial charge in [-0.05, 0) is 57.1 Å². The number of halogens is 1. The Morgan fingerprint density at radius 2 is 1.87 bits per heavy atom. The van der Waals surface area contributed by atoms with Gasteiger partial charge in [0, 0.05) is 22.7 Å². The van der Waals surface area contributed by atoms with Crippen molar-refractivity contribution >= 4 is 23.9 Å². The molecule has 9 nitrogen and oxygen atoms in total. The molecule has 0 bridgehead atoms. The zero-order valence-corrected chi connectivity index (χ0v) is 22.6. The second-order valence-corrected chi connectivity index (χ2v) is 11.5. The molecule has 0 spiro atoms. The van der Waals surface area contributed by atoms with Crippen LogP contribution >= 0.6 is 0 Å². The maximum Gasteiger partial charge on any atom is 0.509 e. The number of carbonyl (C=O) groups excluding carboxylic acids is 4. The molecule has 8 atom stereocenters. The Bertz CT molecular complexity index is 1080. The molecule has 1 N–H and O–H groups in total. The van der Waals surface area contributed by atoms with Crippen LogP contribution in [0.15, 0.2) is 23.8 Å². The van der Waals surface area contributed by atoms with Gasteiger partial charge in [-0.25, -0.2) is 14.0 Å². The molecule has 3 fully saturated rings. The predicted octanol–water partition coefficient (Wildman–Crippen LogP) is 4.26. The Labute approximate surface area is 221 Å². The van der Waals surface area contributed by atoms with Crippen LogP contribution < -0.4 is 0 Å². The lowest BCUT2D eigenvalue weighted by atomic mass is 9.44. The topological polar surface area (TPSA) is 125 Å². The molecular formula is C28H37FO9. The van der Waals surface area contributed by atoms with Crippen molar-refractivity contribution < 1.29 is 47.6 Å². The third kappa shape index (κ3) is 3.81. The quantitative estimate of drug-likeness (QED) is 0.496. The van der Waals surface area contributed by atoms with Crippen molar-refractivity contribution in [1.82, 2.24) is 0 Å². The third-order valence-corrected chi connectivity index (χ3v) is 9.75. The molecular weight excluding hydrogens is 499 g/mol. The molecule has 0 aromatic heterocycles. The zero-order chi connectivity index (χ0) is 28.1. The average molecular weight is 537 g/mol. The monoisotopic (exact) mass is 536 g/mol. The molecule has 0 aliphatic heterocycles. The van der Waals surface area contributed by atoms with E-state index in [0.29, 0.717) is 31.3 Å². The molecule has 0 unspecified atom stereocenters. The minimum atomic E-state index is -2.11. The molecule has 3 saturated carbocycles. The van der Waals surface area contributed by atoms with Gasteiger partial charge in [-0.2, -0.15) is 0 Å². The molecule has 0 radical (unpaired) electrons. The number of ether oxygens (including phenoxy) is 4. The normalized spacial score (nSPS) is 41.2. The first-order chi connectivity index (χ1) is 17.8. The Kier molecular flexibility index (Phi) is 7.27. The summed E-state index contributed by atoms with van der Waals surface area (Å²) in [5.41, 5.74) is -5.70. The second-order valence-electron chi connectivity index (χ2n) is 11.5. The first kappa shape index (κ1) is 28.3. The maximum absolute atomic E-state index is 17.4. The highest BCUT2D eigenvalue weighted by Gasteiger charge is 2.77. The van der Waals surface area contributed by atoms with Gasteiger partial charge in [0.15, 0.2) is 23.7 Å². The Morgan fingerprint density at radius 1 is 1.16 bits per heavy atom. The smallest absolute Gasteiger partial charge is 0.438 e. The standard InChI is InChI=1S/C28H37FO9/c1-6-11-36-24(34)37-15-22(32)28(38-23(33)35-5)16(2)12-20-19-8-7-17-13-18(30)9-10-25(17,3)27(19,29)21(31)14-26(20,28)4/h9-10,13,16,19-21,31H,6-8,11-12,14-15H2,1-5H3/t16-,19+,20+,21+,25+,26+,27+,28+/m1/s1. The van der Waals surface area contributed by atoms with Crippen LogP contribution in [0.5, 0.6) is 0 Å². The third-order valence-electron chi connectivity index (χ3n) is 9.75. The molecule has 4 aliphatic carbocycles. The predicted molar refractivity (Wildman–Crippen MR) is 132 cm³/mol. The van der Waals surface area contributed by atoms with E-state index in [-0.39, 0.29) is 18.8 Å². The van der Waals surface area contributed by atoms with Crippen molar-refractivity contribution in [2.75, 3.05) is 20.3 Å². The maximum atomic E-state index is 17.4. The summed E-state index contributed by atoms with van der Waals surface area (Å²) in [5.74, 6) is -2.64. The van der Waals surface area contributed by atoms with Crippen LogP contribution in [0.25, 0.3) is 0 Å². The van der Waals surface area contributed by atoms with Gasteiger partial charge in [0.05, 0.1) is 19.8 Å². The van der Waals surface area contributed by atoms with E-state index in [1.165, 1.54) is 12.2 Å². The number of methoxy groups -OCH3 is 1. The number of alkyl halides is 1. The van der Waals surface area contributed by atoms with Gasteiger partial charge in [-0.1, -0.05) is 32.4 Å². The molecule has 0 amide bonds. The number of carbonyl (C=O) groups is 4. The van der Waals surface area contributed by atoms with Crippen molar-refractivity contribution in [3.05, 3.63) is 23.8 Å². The van der Waals surface area contributed by atoms with Crippen LogP contribution in [0.2, 0.25) is 0 Å². The SMILES string of the molecule is CCCOC(=O)OCC(=O)[C@@]1(OC(=O)OC)[C@H](C)C[C@H]2[C@@H]3CCC4=CC(=O)C=C[C@]4(C)[C@@]3(F)[C@@H](O)C[C@@]21C. The van der Waals surface area contributed by atoms with Crippen LogP contribution in [-0.2, 0) is 28.5 Å². The molecule has 0 aromatic rings. The number of fused-ring (bicyclic) bond motifs is 5. The number of allylic oxidation sites excluding steroid dienone is 4. The number of ketones is 2. The van der Waals surface area contributed by atoms with E-state index in [1.807, 2.05) is 6.92 Å². The Hall–Kier alpha value is -2.75. The highest BCUT2D eigenvalue weighted by molar-refractivity contribution is 6.01. The minimum absolute atomic E-state index is 0.120. The number of Topliss-reactive ketones (excluding diaryl/α,β-unsaturated/α-hetero) is 1. The highest BCUT2D eigenvalue weighted by atomic mass is 19.1. The number of hydrogen-bond acceptors (Lipinski definition) is 9. The zero-order valence-electron chi connectivity index (χ0n) is 22.6. The summed E-state index contributed by atoms with van der Waals surface area (Å²) in [6.07, 6.45) is 2.23. The van der Waals surface area contributed by atoms with Crippen molar-refractivity contribution in [2.45, 2.75) is 77.2 Å². The molecule has 210 valence electrons. The average Bonchev–Trinajstić information content (AvgIpc) is 3.09. The lowest BCUT2D eigenvalue weighted by Gasteiger charge is -2.62. The van der Waals surface area contributed by atoms with Gasteiger partial charge < -0.3 is 24.1 Å². The van der Waals surface area contributed by atoms with Gasteiger partial charge in [-0.3, -0.25) is 9.59 Å². The highest BCUT2D eigenvalue weighted by Crippen LogP contribution is 2.71. The first-order valence-electron chi connectivity index (χ1n) is 13.2. The van der Waals surface area contributed by atoms with Gasteiger partial charge in [0.2, 0.25) is 5.78 Å². The fraction of sp³-hybridized carbons (Fsp3) is 0.714. The van der Waals surface area contributed by atoms with Crippen LogP contribution in [0.1, 0.15) is 59.8 Å². The molecule has 0 heterocycles. The van der Waals surface area contributed by atoms with Crippen LogP contribution in [-0.4, -0.2) is 66.7 Å². The van der Waals surface area contributed by atoms with Crippen LogP contribution in [0.3, 0.4) is 0 Å². The summed E-state index contributed by atoms with van der Waals surface area (Å²) in [6.45, 7) is 6.38. The number of rotatable bonds is 6. The van der Waals surface area contributed by atoms with Gasteiger partial charge in [0.25, 0.3) is 0 Å². The van der Waals surface area contributed by atoms with Crippen LogP contribution in [0, 0.1) is 28.6 Å². The minimum Gasteiger partial charge on any atom is -0.438 e. The van der Waals surface area contributed by atoms with Crippen molar-refractivity contribution in [3.63, 3.8) is 0 Å². The van der Waals surface area contributed by atoms with E-state index in [9.17, 15) is 24.3 Å². The number of aliphatic hydroxyl groups excluding tert-OH is 1. The van der Waals surface area contributed by atoms with E-state index in [1.54, 1.807) is 26.8 Å². The molecule has 0 saturated heterocycles. The lowest BCUT2D eigenvalue weighted by Crippen LogP contribution is -2.70.